The minimum absolute atomic E-state index is 0. The first-order valence-corrected chi connectivity index (χ1v) is 9.63. The van der Waals surface area contributed by atoms with Crippen molar-refractivity contribution in [3.8, 4) is 17.2 Å². The lowest BCUT2D eigenvalue weighted by Crippen LogP contribution is -2.38. The van der Waals surface area contributed by atoms with Crippen molar-refractivity contribution in [2.45, 2.75) is 23.8 Å². The van der Waals surface area contributed by atoms with Crippen LogP contribution >= 0.6 is 12.4 Å². The maximum Gasteiger partial charge on any atom is 0.240 e. The van der Waals surface area contributed by atoms with Gasteiger partial charge in [0.05, 0.1) is 12.0 Å². The van der Waals surface area contributed by atoms with Gasteiger partial charge in [-0.3, -0.25) is 0 Å². The minimum Gasteiger partial charge on any atom is -0.497 e. The van der Waals surface area contributed by atoms with Gasteiger partial charge in [-0.2, -0.15) is 0 Å². The highest BCUT2D eigenvalue weighted by Crippen LogP contribution is 2.31. The fourth-order valence-corrected chi connectivity index (χ4v) is 3.52. The quantitative estimate of drug-likeness (QED) is 0.713. The Morgan fingerprint density at radius 1 is 1.04 bits per heavy atom. The third-order valence-electron chi connectivity index (χ3n) is 4.17. The maximum absolute atomic E-state index is 12.3. The molecular weight excluding hydrogens is 376 g/mol. The average molecular weight is 399 g/mol. The Morgan fingerprint density at radius 3 is 2.04 bits per heavy atom. The molecule has 2 aromatic rings. The Labute approximate surface area is 160 Å². The van der Waals surface area contributed by atoms with Crippen molar-refractivity contribution in [1.82, 2.24) is 4.72 Å². The number of sulfonamides is 1. The van der Waals surface area contributed by atoms with E-state index in [0.717, 1.165) is 18.6 Å². The van der Waals surface area contributed by atoms with E-state index >= 15 is 0 Å². The van der Waals surface area contributed by atoms with Crippen LogP contribution in [0.25, 0.3) is 0 Å². The molecule has 26 heavy (non-hydrogen) atoms. The summed E-state index contributed by atoms with van der Waals surface area (Å²) in [6.07, 6.45) is 2.17. The summed E-state index contributed by atoms with van der Waals surface area (Å²) >= 11 is 0. The molecule has 1 saturated carbocycles. The van der Waals surface area contributed by atoms with Crippen LogP contribution in [0.15, 0.2) is 53.4 Å². The minimum atomic E-state index is -3.56. The van der Waals surface area contributed by atoms with Crippen LogP contribution < -0.4 is 19.9 Å². The largest absolute Gasteiger partial charge is 0.497 e. The summed E-state index contributed by atoms with van der Waals surface area (Å²) in [6.45, 7) is 0.261. The lowest BCUT2D eigenvalue weighted by molar-refractivity contribution is 0.413. The molecule has 0 saturated heterocycles. The molecule has 1 fully saturated rings. The van der Waals surface area contributed by atoms with Gasteiger partial charge in [-0.05, 0) is 67.3 Å². The summed E-state index contributed by atoms with van der Waals surface area (Å²) in [5.74, 6) is 2.39. The van der Waals surface area contributed by atoms with Gasteiger partial charge in [-0.1, -0.05) is 0 Å². The van der Waals surface area contributed by atoms with Crippen LogP contribution in [0.2, 0.25) is 0 Å². The Kier molecular flexibility index (Phi) is 6.88. The first-order valence-electron chi connectivity index (χ1n) is 8.15. The molecule has 0 aromatic heterocycles. The zero-order chi connectivity index (χ0) is 17.9. The van der Waals surface area contributed by atoms with Crippen LogP contribution in [0.3, 0.4) is 0 Å². The van der Waals surface area contributed by atoms with Gasteiger partial charge in [-0.25, -0.2) is 13.1 Å². The summed E-state index contributed by atoms with van der Waals surface area (Å²) in [6, 6.07) is 13.3. The Hall–Kier alpha value is -1.80. The molecule has 0 spiro atoms. The second-order valence-electron chi connectivity index (χ2n) is 6.10. The highest BCUT2D eigenvalue weighted by molar-refractivity contribution is 7.89. The van der Waals surface area contributed by atoms with E-state index in [9.17, 15) is 8.42 Å². The standard InChI is InChI=1S/C18H22N2O4S.ClH/c1-23-14-4-6-15(7-5-14)24-16-8-10-17(11-9-16)25(21,22)20-12-18(19)13-2-3-13;/h4-11,13,18,20H,2-3,12,19H2,1H3;1H. The van der Waals surface area contributed by atoms with Gasteiger partial charge in [0.2, 0.25) is 10.0 Å². The van der Waals surface area contributed by atoms with Gasteiger partial charge < -0.3 is 15.2 Å². The molecule has 0 aliphatic heterocycles. The molecule has 3 rings (SSSR count). The summed E-state index contributed by atoms with van der Waals surface area (Å²) in [5.41, 5.74) is 5.94. The van der Waals surface area contributed by atoms with Crippen molar-refractivity contribution in [1.29, 1.82) is 0 Å². The zero-order valence-electron chi connectivity index (χ0n) is 14.4. The van der Waals surface area contributed by atoms with E-state index in [2.05, 4.69) is 4.72 Å². The molecule has 2 aromatic carbocycles. The van der Waals surface area contributed by atoms with Crippen LogP contribution in [-0.4, -0.2) is 28.1 Å². The zero-order valence-corrected chi connectivity index (χ0v) is 16.1. The van der Waals surface area contributed by atoms with Crippen LogP contribution in [0.5, 0.6) is 17.2 Å². The summed E-state index contributed by atoms with van der Waals surface area (Å²) < 4.78 is 38.0. The molecule has 1 aliphatic carbocycles. The summed E-state index contributed by atoms with van der Waals surface area (Å²) in [7, 11) is -1.96. The third kappa shape index (κ3) is 5.35. The topological polar surface area (TPSA) is 90.6 Å². The normalized spacial score (nSPS) is 15.0. The van der Waals surface area contributed by atoms with E-state index in [1.807, 2.05) is 0 Å². The number of ether oxygens (including phenoxy) is 2. The molecule has 0 heterocycles. The van der Waals surface area contributed by atoms with E-state index in [1.165, 1.54) is 12.1 Å². The third-order valence-corrected chi connectivity index (χ3v) is 5.61. The second-order valence-corrected chi connectivity index (χ2v) is 7.87. The average Bonchev–Trinajstić information content (AvgIpc) is 3.46. The van der Waals surface area contributed by atoms with Crippen LogP contribution in [0, 0.1) is 5.92 Å². The van der Waals surface area contributed by atoms with Crippen molar-refractivity contribution in [2.24, 2.45) is 11.7 Å². The smallest absolute Gasteiger partial charge is 0.240 e. The molecule has 1 unspecified atom stereocenters. The number of nitrogens with one attached hydrogen (secondary N) is 1. The number of benzene rings is 2. The molecule has 6 nitrogen and oxygen atoms in total. The Balaban J connectivity index is 0.00000243. The highest BCUT2D eigenvalue weighted by Gasteiger charge is 2.29. The molecule has 1 aliphatic rings. The lowest BCUT2D eigenvalue weighted by atomic mass is 10.2. The van der Waals surface area contributed by atoms with Crippen molar-refractivity contribution in [3.05, 3.63) is 48.5 Å². The van der Waals surface area contributed by atoms with Crippen molar-refractivity contribution >= 4 is 22.4 Å². The van der Waals surface area contributed by atoms with Gasteiger partial charge in [0, 0.05) is 12.6 Å². The van der Waals surface area contributed by atoms with Crippen molar-refractivity contribution in [2.75, 3.05) is 13.7 Å². The van der Waals surface area contributed by atoms with E-state index < -0.39 is 10.0 Å². The lowest BCUT2D eigenvalue weighted by Gasteiger charge is -2.12. The molecule has 3 N–H and O–H groups in total. The molecule has 0 radical (unpaired) electrons. The molecule has 142 valence electrons. The predicted octanol–water partition coefficient (Wildman–Crippen LogP) is 2.92. The highest BCUT2D eigenvalue weighted by atomic mass is 35.5. The number of hydrogen-bond acceptors (Lipinski definition) is 5. The van der Waals surface area contributed by atoms with Crippen LogP contribution in [0.1, 0.15) is 12.8 Å². The van der Waals surface area contributed by atoms with E-state index in [0.29, 0.717) is 17.4 Å². The van der Waals surface area contributed by atoms with E-state index in [-0.39, 0.29) is 29.9 Å². The summed E-state index contributed by atoms with van der Waals surface area (Å²) in [5, 5.41) is 0. The number of methoxy groups -OCH3 is 1. The number of hydrogen-bond donors (Lipinski definition) is 2. The number of halogens is 1. The SMILES string of the molecule is COc1ccc(Oc2ccc(S(=O)(=O)NCC(N)C3CC3)cc2)cc1.Cl. The first-order chi connectivity index (χ1) is 12.0. The van der Waals surface area contributed by atoms with Gasteiger partial charge in [0.1, 0.15) is 17.2 Å². The van der Waals surface area contributed by atoms with Crippen LogP contribution in [-0.2, 0) is 10.0 Å². The number of rotatable bonds is 8. The van der Waals surface area contributed by atoms with Crippen molar-refractivity contribution < 1.29 is 17.9 Å². The monoisotopic (exact) mass is 398 g/mol. The molecule has 8 heteroatoms. The fourth-order valence-electron chi connectivity index (χ4n) is 2.45. The molecule has 1 atom stereocenters. The molecule has 0 bridgehead atoms. The fraction of sp³-hybridized carbons (Fsp3) is 0.333. The molecular formula is C18H23ClN2O4S. The maximum atomic E-state index is 12.3. The molecule has 0 amide bonds. The van der Waals surface area contributed by atoms with Gasteiger partial charge >= 0.3 is 0 Å². The van der Waals surface area contributed by atoms with Gasteiger partial charge in [0.15, 0.2) is 0 Å². The Morgan fingerprint density at radius 2 is 1.54 bits per heavy atom. The van der Waals surface area contributed by atoms with Crippen molar-refractivity contribution in [3.63, 3.8) is 0 Å². The van der Waals surface area contributed by atoms with Gasteiger partial charge in [0.25, 0.3) is 0 Å². The first kappa shape index (κ1) is 20.5. The number of nitrogens with two attached hydrogens (primary N) is 1. The second kappa shape index (κ2) is 8.73. The Bertz CT molecular complexity index is 806. The van der Waals surface area contributed by atoms with Crippen LogP contribution in [0.4, 0.5) is 0 Å². The van der Waals surface area contributed by atoms with E-state index in [1.54, 1.807) is 43.5 Å². The summed E-state index contributed by atoms with van der Waals surface area (Å²) in [4.78, 5) is 0.192. The predicted molar refractivity (Wildman–Crippen MR) is 103 cm³/mol. The van der Waals surface area contributed by atoms with Gasteiger partial charge in [-0.15, -0.1) is 12.4 Å². The van der Waals surface area contributed by atoms with E-state index in [4.69, 9.17) is 15.2 Å².